The Bertz CT molecular complexity index is 817. The van der Waals surface area contributed by atoms with Crippen LogP contribution in [0, 0.1) is 0 Å². The Kier molecular flexibility index (Phi) is 5.73. The van der Waals surface area contributed by atoms with E-state index in [0.29, 0.717) is 23.7 Å². The summed E-state index contributed by atoms with van der Waals surface area (Å²) in [6.07, 6.45) is 1.66. The van der Waals surface area contributed by atoms with E-state index >= 15 is 0 Å². The van der Waals surface area contributed by atoms with Crippen molar-refractivity contribution in [2.24, 2.45) is 0 Å². The number of benzene rings is 1. The normalized spacial score (nSPS) is 10.6. The topological polar surface area (TPSA) is 87.3 Å². The fourth-order valence-corrected chi connectivity index (χ4v) is 2.61. The molecule has 0 unspecified atom stereocenters. The molecule has 0 spiro atoms. The van der Waals surface area contributed by atoms with Gasteiger partial charge in [-0.25, -0.2) is 9.78 Å². The molecule has 0 bridgehead atoms. The van der Waals surface area contributed by atoms with Crippen LogP contribution < -0.4 is 4.74 Å². The van der Waals surface area contributed by atoms with Crippen molar-refractivity contribution in [1.82, 2.24) is 15.1 Å². The first-order valence-corrected chi connectivity index (χ1v) is 8.77. The minimum absolute atomic E-state index is 0.0561. The quantitative estimate of drug-likeness (QED) is 0.569. The lowest BCUT2D eigenvalue weighted by molar-refractivity contribution is 0.0429. The second kappa shape index (κ2) is 8.39. The van der Waals surface area contributed by atoms with Gasteiger partial charge in [-0.1, -0.05) is 18.1 Å². The van der Waals surface area contributed by atoms with Crippen LogP contribution in [0.25, 0.3) is 0 Å². The highest BCUT2D eigenvalue weighted by molar-refractivity contribution is 7.07. The molecule has 3 rings (SSSR count). The average Bonchev–Trinajstić information content (AvgIpc) is 3.30. The number of nitrogens with zero attached hydrogens (tertiary/aromatic N) is 3. The van der Waals surface area contributed by atoms with Crippen LogP contribution in [-0.2, 0) is 24.4 Å². The van der Waals surface area contributed by atoms with Crippen LogP contribution in [0.4, 0.5) is 0 Å². The van der Waals surface area contributed by atoms with Gasteiger partial charge in [-0.15, -0.1) is 11.3 Å². The van der Waals surface area contributed by atoms with E-state index in [9.17, 15) is 4.79 Å². The van der Waals surface area contributed by atoms with Gasteiger partial charge in [-0.3, -0.25) is 0 Å². The standard InChI is InChI=1S/C17H17N3O4S/c1-2-4-15-19-16(24-20-15)9-23-17(21)12-5-3-6-14(7-12)22-8-13-10-25-11-18-13/h3,5-7,10-11H,2,4,8-9H2,1H3. The molecule has 25 heavy (non-hydrogen) atoms. The predicted octanol–water partition coefficient (Wildman–Crippen LogP) is 3.41. The van der Waals surface area contributed by atoms with Gasteiger partial charge in [0.15, 0.2) is 12.4 Å². The summed E-state index contributed by atoms with van der Waals surface area (Å²) in [6, 6.07) is 6.80. The van der Waals surface area contributed by atoms with Crippen LogP contribution in [0.5, 0.6) is 5.75 Å². The number of rotatable bonds is 8. The van der Waals surface area contributed by atoms with Crippen molar-refractivity contribution in [1.29, 1.82) is 0 Å². The van der Waals surface area contributed by atoms with Crippen LogP contribution in [0.3, 0.4) is 0 Å². The molecule has 0 amide bonds. The molecule has 0 aliphatic rings. The molecule has 0 radical (unpaired) electrons. The van der Waals surface area contributed by atoms with Crippen molar-refractivity contribution < 1.29 is 18.8 Å². The minimum Gasteiger partial charge on any atom is -0.487 e. The zero-order chi connectivity index (χ0) is 17.5. The highest BCUT2D eigenvalue weighted by atomic mass is 32.1. The molecular formula is C17H17N3O4S. The van der Waals surface area contributed by atoms with E-state index in [1.165, 1.54) is 11.3 Å². The molecule has 8 heteroatoms. The number of hydrogen-bond donors (Lipinski definition) is 0. The molecule has 0 fully saturated rings. The highest BCUT2D eigenvalue weighted by Gasteiger charge is 2.12. The summed E-state index contributed by atoms with van der Waals surface area (Å²) < 4.78 is 15.9. The third kappa shape index (κ3) is 4.87. The first-order chi connectivity index (χ1) is 12.2. The van der Waals surface area contributed by atoms with E-state index in [0.717, 1.165) is 18.5 Å². The zero-order valence-corrected chi connectivity index (χ0v) is 14.5. The van der Waals surface area contributed by atoms with E-state index in [2.05, 4.69) is 15.1 Å². The van der Waals surface area contributed by atoms with E-state index in [4.69, 9.17) is 14.0 Å². The van der Waals surface area contributed by atoms with Gasteiger partial charge in [0, 0.05) is 11.8 Å². The van der Waals surface area contributed by atoms with Crippen molar-refractivity contribution in [3.8, 4) is 5.75 Å². The van der Waals surface area contributed by atoms with Crippen molar-refractivity contribution in [3.63, 3.8) is 0 Å². The van der Waals surface area contributed by atoms with Crippen LogP contribution in [0.2, 0.25) is 0 Å². The molecule has 3 aromatic rings. The molecule has 0 aliphatic carbocycles. The maximum Gasteiger partial charge on any atom is 0.338 e. The fraction of sp³-hybridized carbons (Fsp3) is 0.294. The van der Waals surface area contributed by atoms with Gasteiger partial charge in [0.25, 0.3) is 5.89 Å². The first-order valence-electron chi connectivity index (χ1n) is 7.83. The van der Waals surface area contributed by atoms with Gasteiger partial charge in [0.2, 0.25) is 0 Å². The minimum atomic E-state index is -0.477. The average molecular weight is 359 g/mol. The van der Waals surface area contributed by atoms with E-state index in [1.54, 1.807) is 29.8 Å². The number of hydrogen-bond acceptors (Lipinski definition) is 8. The molecule has 2 heterocycles. The predicted molar refractivity (Wildman–Crippen MR) is 90.3 cm³/mol. The molecule has 1 aromatic carbocycles. The second-order valence-electron chi connectivity index (χ2n) is 5.23. The molecule has 0 saturated heterocycles. The Morgan fingerprint density at radius 1 is 1.32 bits per heavy atom. The summed E-state index contributed by atoms with van der Waals surface area (Å²) in [6.45, 7) is 2.32. The molecule has 7 nitrogen and oxygen atoms in total. The Labute approximate surface area is 148 Å². The SMILES string of the molecule is CCCc1noc(COC(=O)c2cccc(OCc3cscn3)c2)n1. The molecule has 0 saturated carbocycles. The Hall–Kier alpha value is -2.74. The zero-order valence-electron chi connectivity index (χ0n) is 13.7. The van der Waals surface area contributed by atoms with Crippen molar-refractivity contribution >= 4 is 17.3 Å². The molecule has 0 aliphatic heterocycles. The second-order valence-corrected chi connectivity index (χ2v) is 5.95. The maximum absolute atomic E-state index is 12.2. The number of aromatic nitrogens is 3. The molecule has 0 atom stereocenters. The Morgan fingerprint density at radius 2 is 2.24 bits per heavy atom. The largest absolute Gasteiger partial charge is 0.487 e. The summed E-state index contributed by atoms with van der Waals surface area (Å²) in [7, 11) is 0. The number of aryl methyl sites for hydroxylation is 1. The monoisotopic (exact) mass is 359 g/mol. The number of ether oxygens (including phenoxy) is 2. The summed E-state index contributed by atoms with van der Waals surface area (Å²) in [5.74, 6) is 0.999. The smallest absolute Gasteiger partial charge is 0.338 e. The van der Waals surface area contributed by atoms with Gasteiger partial charge in [0.05, 0.1) is 16.8 Å². The lowest BCUT2D eigenvalue weighted by atomic mass is 10.2. The number of thiazole rings is 1. The van der Waals surface area contributed by atoms with Crippen molar-refractivity contribution in [2.75, 3.05) is 0 Å². The van der Waals surface area contributed by atoms with Gasteiger partial charge in [-0.2, -0.15) is 4.98 Å². The number of esters is 1. The van der Waals surface area contributed by atoms with Gasteiger partial charge < -0.3 is 14.0 Å². The van der Waals surface area contributed by atoms with Crippen LogP contribution >= 0.6 is 11.3 Å². The Balaban J connectivity index is 1.55. The van der Waals surface area contributed by atoms with E-state index in [1.807, 2.05) is 12.3 Å². The van der Waals surface area contributed by atoms with Crippen molar-refractivity contribution in [2.45, 2.75) is 33.0 Å². The molecule has 0 N–H and O–H groups in total. The first kappa shape index (κ1) is 17.1. The summed E-state index contributed by atoms with van der Waals surface area (Å²) in [4.78, 5) is 20.5. The highest BCUT2D eigenvalue weighted by Crippen LogP contribution is 2.16. The summed E-state index contributed by atoms with van der Waals surface area (Å²) in [5.41, 5.74) is 2.98. The third-order valence-corrected chi connectivity index (χ3v) is 3.89. The van der Waals surface area contributed by atoms with E-state index in [-0.39, 0.29) is 12.5 Å². The third-order valence-electron chi connectivity index (χ3n) is 3.25. The lowest BCUT2D eigenvalue weighted by Gasteiger charge is -2.06. The summed E-state index contributed by atoms with van der Waals surface area (Å²) in [5, 5.41) is 5.73. The van der Waals surface area contributed by atoms with Crippen molar-refractivity contribution in [3.05, 3.63) is 58.1 Å². The fourth-order valence-electron chi connectivity index (χ4n) is 2.06. The lowest BCUT2D eigenvalue weighted by Crippen LogP contribution is -2.06. The van der Waals surface area contributed by atoms with Crippen LogP contribution in [0.1, 0.15) is 41.1 Å². The van der Waals surface area contributed by atoms with E-state index < -0.39 is 5.97 Å². The number of carbonyl (C=O) groups excluding carboxylic acids is 1. The van der Waals surface area contributed by atoms with Crippen LogP contribution in [0.15, 0.2) is 39.7 Å². The molecule has 130 valence electrons. The molecular weight excluding hydrogens is 342 g/mol. The van der Waals surface area contributed by atoms with Gasteiger partial charge in [0.1, 0.15) is 12.4 Å². The molecule has 2 aromatic heterocycles. The maximum atomic E-state index is 12.2. The van der Waals surface area contributed by atoms with Gasteiger partial charge in [-0.05, 0) is 24.6 Å². The number of carbonyl (C=O) groups is 1. The van der Waals surface area contributed by atoms with Crippen LogP contribution in [-0.4, -0.2) is 21.1 Å². The summed E-state index contributed by atoms with van der Waals surface area (Å²) >= 11 is 1.51. The Morgan fingerprint density at radius 3 is 3.04 bits per heavy atom. The van der Waals surface area contributed by atoms with Gasteiger partial charge >= 0.3 is 5.97 Å².